The number of carbonyl (C=O) groups is 1. The second-order valence-electron chi connectivity index (χ2n) is 5.09. The summed E-state index contributed by atoms with van der Waals surface area (Å²) in [6, 6.07) is 0. The Morgan fingerprint density at radius 2 is 1.79 bits per heavy atom. The highest BCUT2D eigenvalue weighted by Crippen LogP contribution is 2.26. The predicted molar refractivity (Wildman–Crippen MR) is 72.8 cm³/mol. The zero-order valence-electron chi connectivity index (χ0n) is 12.0. The van der Waals surface area contributed by atoms with Crippen molar-refractivity contribution in [1.29, 1.82) is 0 Å². The lowest BCUT2D eigenvalue weighted by Gasteiger charge is -2.26. The third-order valence-corrected chi connectivity index (χ3v) is 5.54. The Labute approximate surface area is 115 Å². The van der Waals surface area contributed by atoms with Gasteiger partial charge in [0.05, 0.1) is 13.5 Å². The van der Waals surface area contributed by atoms with Gasteiger partial charge in [-0.05, 0) is 18.8 Å². The van der Waals surface area contributed by atoms with E-state index in [0.717, 1.165) is 12.8 Å². The van der Waals surface area contributed by atoms with Crippen molar-refractivity contribution in [1.82, 2.24) is 8.61 Å². The highest BCUT2D eigenvalue weighted by Gasteiger charge is 2.27. The summed E-state index contributed by atoms with van der Waals surface area (Å²) in [6.45, 7) is 0.703. The smallest absolute Gasteiger partial charge is 0.306 e. The molecule has 0 N–H and O–H groups in total. The summed E-state index contributed by atoms with van der Waals surface area (Å²) in [6.07, 6.45) is 4.66. The first kappa shape index (κ1) is 16.4. The Bertz CT molecular complexity index is 391. The summed E-state index contributed by atoms with van der Waals surface area (Å²) in [4.78, 5) is 11.0. The maximum Gasteiger partial charge on any atom is 0.306 e. The number of esters is 1. The topological polar surface area (TPSA) is 66.9 Å². The van der Waals surface area contributed by atoms with Gasteiger partial charge in [0.15, 0.2) is 0 Å². The van der Waals surface area contributed by atoms with E-state index in [2.05, 4.69) is 4.74 Å². The van der Waals surface area contributed by atoms with Gasteiger partial charge in [0.2, 0.25) is 0 Å². The molecule has 0 bridgehead atoms. The minimum absolute atomic E-state index is 0.0729. The van der Waals surface area contributed by atoms with Crippen molar-refractivity contribution in [2.45, 2.75) is 32.1 Å². The summed E-state index contributed by atoms with van der Waals surface area (Å²) < 4.78 is 31.5. The first-order valence-electron chi connectivity index (χ1n) is 6.62. The van der Waals surface area contributed by atoms with Gasteiger partial charge in [0.1, 0.15) is 0 Å². The number of ether oxygens (including phenoxy) is 1. The van der Waals surface area contributed by atoms with Gasteiger partial charge >= 0.3 is 5.97 Å². The van der Waals surface area contributed by atoms with Crippen LogP contribution in [-0.4, -0.2) is 57.3 Å². The van der Waals surface area contributed by atoms with Crippen molar-refractivity contribution in [3.63, 3.8) is 0 Å². The summed E-state index contributed by atoms with van der Waals surface area (Å²) in [5, 5.41) is 0. The van der Waals surface area contributed by atoms with E-state index in [9.17, 15) is 13.2 Å². The first-order valence-corrected chi connectivity index (χ1v) is 8.02. The quantitative estimate of drug-likeness (QED) is 0.652. The van der Waals surface area contributed by atoms with E-state index in [-0.39, 0.29) is 13.0 Å². The molecule has 0 heterocycles. The predicted octanol–water partition coefficient (Wildman–Crippen LogP) is 0.848. The third-order valence-electron chi connectivity index (χ3n) is 3.64. The van der Waals surface area contributed by atoms with Crippen LogP contribution in [0.25, 0.3) is 0 Å². The molecule has 1 aliphatic carbocycles. The Hall–Kier alpha value is -0.660. The molecule has 7 heteroatoms. The number of rotatable bonds is 7. The molecule has 1 aliphatic rings. The molecule has 0 amide bonds. The molecule has 0 aromatic rings. The average molecular weight is 292 g/mol. The largest absolute Gasteiger partial charge is 0.469 e. The molecule has 6 nitrogen and oxygen atoms in total. The molecule has 1 fully saturated rings. The molecule has 1 rings (SSSR count). The van der Waals surface area contributed by atoms with E-state index >= 15 is 0 Å². The van der Waals surface area contributed by atoms with Crippen molar-refractivity contribution >= 4 is 16.2 Å². The fraction of sp³-hybridized carbons (Fsp3) is 0.917. The molecule has 0 aromatic heterocycles. The number of methoxy groups -OCH3 is 1. The molecule has 0 unspecified atom stereocenters. The Balaban J connectivity index is 2.49. The summed E-state index contributed by atoms with van der Waals surface area (Å²) in [5.74, 6) is 0.0641. The second kappa shape index (κ2) is 7.21. The standard InChI is InChI=1S/C12H24N2O4S/c1-13(9-8-12(15)18-3)19(16,17)14(2)10-11-6-4-5-7-11/h11H,4-10H2,1-3H3. The van der Waals surface area contributed by atoms with Crippen molar-refractivity contribution in [2.24, 2.45) is 5.92 Å². The summed E-state index contributed by atoms with van der Waals surface area (Å²) in [5.41, 5.74) is 0. The molecule has 19 heavy (non-hydrogen) atoms. The Morgan fingerprint density at radius 1 is 1.21 bits per heavy atom. The van der Waals surface area contributed by atoms with Crippen molar-refractivity contribution in [3.8, 4) is 0 Å². The maximum absolute atomic E-state index is 12.2. The lowest BCUT2D eigenvalue weighted by molar-refractivity contribution is -0.140. The van der Waals surface area contributed by atoms with Crippen LogP contribution in [0.2, 0.25) is 0 Å². The molecule has 0 aliphatic heterocycles. The van der Waals surface area contributed by atoms with Gasteiger partial charge < -0.3 is 4.74 Å². The van der Waals surface area contributed by atoms with Gasteiger partial charge in [0, 0.05) is 27.2 Å². The van der Waals surface area contributed by atoms with Gasteiger partial charge in [-0.2, -0.15) is 17.0 Å². The molecule has 112 valence electrons. The number of hydrogen-bond donors (Lipinski definition) is 0. The lowest BCUT2D eigenvalue weighted by atomic mass is 10.1. The van der Waals surface area contributed by atoms with E-state index in [4.69, 9.17) is 0 Å². The molecule has 0 saturated heterocycles. The number of hydrogen-bond acceptors (Lipinski definition) is 4. The highest BCUT2D eigenvalue weighted by atomic mass is 32.2. The van der Waals surface area contributed by atoms with Crippen LogP contribution in [0, 0.1) is 5.92 Å². The number of nitrogens with zero attached hydrogens (tertiary/aromatic N) is 2. The maximum atomic E-state index is 12.2. The van der Waals surface area contributed by atoms with Crippen LogP contribution in [0.15, 0.2) is 0 Å². The lowest BCUT2D eigenvalue weighted by Crippen LogP contribution is -2.42. The average Bonchev–Trinajstić information content (AvgIpc) is 2.87. The van der Waals surface area contributed by atoms with Crippen LogP contribution in [-0.2, 0) is 19.7 Å². The van der Waals surface area contributed by atoms with E-state index < -0.39 is 16.2 Å². The van der Waals surface area contributed by atoms with Crippen LogP contribution >= 0.6 is 0 Å². The molecule has 0 aromatic carbocycles. The zero-order chi connectivity index (χ0) is 14.5. The monoisotopic (exact) mass is 292 g/mol. The molecule has 0 radical (unpaired) electrons. The van der Waals surface area contributed by atoms with Crippen LogP contribution in [0.3, 0.4) is 0 Å². The highest BCUT2D eigenvalue weighted by molar-refractivity contribution is 7.86. The molecule has 1 saturated carbocycles. The zero-order valence-corrected chi connectivity index (χ0v) is 12.8. The normalized spacial score (nSPS) is 17.3. The SMILES string of the molecule is COC(=O)CCN(C)S(=O)(=O)N(C)CC1CCCC1. The number of carbonyl (C=O) groups excluding carboxylic acids is 1. The Kier molecular flexibility index (Phi) is 6.22. The van der Waals surface area contributed by atoms with Crippen LogP contribution < -0.4 is 0 Å². The van der Waals surface area contributed by atoms with Gasteiger partial charge in [-0.3, -0.25) is 4.79 Å². The molecular formula is C12H24N2O4S. The fourth-order valence-electron chi connectivity index (χ4n) is 2.35. The minimum Gasteiger partial charge on any atom is -0.469 e. The van der Waals surface area contributed by atoms with E-state index in [1.54, 1.807) is 7.05 Å². The molecule has 0 spiro atoms. The van der Waals surface area contributed by atoms with Crippen molar-refractivity contribution in [3.05, 3.63) is 0 Å². The Morgan fingerprint density at radius 3 is 2.32 bits per heavy atom. The van der Waals surface area contributed by atoms with E-state index in [1.807, 2.05) is 0 Å². The summed E-state index contributed by atoms with van der Waals surface area (Å²) in [7, 11) is 0.912. The van der Waals surface area contributed by atoms with E-state index in [0.29, 0.717) is 12.5 Å². The molecule has 0 atom stereocenters. The van der Waals surface area contributed by atoms with E-state index in [1.165, 1.54) is 35.6 Å². The van der Waals surface area contributed by atoms with Gasteiger partial charge in [0.25, 0.3) is 10.2 Å². The third kappa shape index (κ3) is 4.74. The fourth-order valence-corrected chi connectivity index (χ4v) is 3.55. The van der Waals surface area contributed by atoms with Crippen LogP contribution in [0.4, 0.5) is 0 Å². The van der Waals surface area contributed by atoms with Gasteiger partial charge in [-0.25, -0.2) is 0 Å². The van der Waals surface area contributed by atoms with Crippen LogP contribution in [0.1, 0.15) is 32.1 Å². The van der Waals surface area contributed by atoms with Crippen molar-refractivity contribution in [2.75, 3.05) is 34.3 Å². The van der Waals surface area contributed by atoms with Gasteiger partial charge in [-0.1, -0.05) is 12.8 Å². The first-order chi connectivity index (χ1) is 8.87. The second-order valence-corrected chi connectivity index (χ2v) is 7.23. The minimum atomic E-state index is -3.47. The summed E-state index contributed by atoms with van der Waals surface area (Å²) >= 11 is 0. The molecular weight excluding hydrogens is 268 g/mol. The van der Waals surface area contributed by atoms with Crippen LogP contribution in [0.5, 0.6) is 0 Å². The van der Waals surface area contributed by atoms with Crippen molar-refractivity contribution < 1.29 is 17.9 Å². The van der Waals surface area contributed by atoms with Gasteiger partial charge in [-0.15, -0.1) is 0 Å².